The first-order chi connectivity index (χ1) is 10.9. The number of halogens is 3. The Morgan fingerprint density at radius 2 is 1.83 bits per heavy atom. The smallest absolute Gasteiger partial charge is 0.308 e. The van der Waals surface area contributed by atoms with Crippen molar-refractivity contribution in [1.29, 1.82) is 0 Å². The normalized spacial score (nSPS) is 11.3. The molecule has 0 spiro atoms. The minimum Gasteiger partial charge on any atom is -0.308 e. The van der Waals surface area contributed by atoms with Crippen molar-refractivity contribution in [2.75, 3.05) is 11.4 Å². The second kappa shape index (κ2) is 7.26. The molecule has 0 unspecified atom stereocenters. The molecule has 0 N–H and O–H groups in total. The maximum absolute atomic E-state index is 12.6. The Kier molecular flexibility index (Phi) is 5.36. The van der Waals surface area contributed by atoms with Crippen molar-refractivity contribution in [3.8, 4) is 0 Å². The quantitative estimate of drug-likeness (QED) is 0.809. The van der Waals surface area contributed by atoms with Crippen LogP contribution in [0.1, 0.15) is 35.8 Å². The number of amides is 1. The predicted molar refractivity (Wildman–Crippen MR) is 82.3 cm³/mol. The second-order valence-electron chi connectivity index (χ2n) is 5.08. The Balaban J connectivity index is 2.26. The molecule has 2 rings (SSSR count). The number of nitrogens with zero attached hydrogens (tertiary/aromatic N) is 2. The van der Waals surface area contributed by atoms with Crippen LogP contribution in [-0.2, 0) is 6.18 Å². The predicted octanol–water partition coefficient (Wildman–Crippen LogP) is 4.55. The molecule has 122 valence electrons. The van der Waals surface area contributed by atoms with Crippen molar-refractivity contribution >= 4 is 11.6 Å². The van der Waals surface area contributed by atoms with E-state index in [0.29, 0.717) is 12.2 Å². The summed E-state index contributed by atoms with van der Waals surface area (Å²) in [5.74, 6) is -0.356. The van der Waals surface area contributed by atoms with Gasteiger partial charge in [-0.15, -0.1) is 0 Å². The van der Waals surface area contributed by atoms with Gasteiger partial charge in [0, 0.05) is 18.4 Å². The minimum absolute atomic E-state index is 0.137. The van der Waals surface area contributed by atoms with E-state index in [1.807, 2.05) is 25.1 Å². The molecular formula is C17H17F3N2O. The van der Waals surface area contributed by atoms with Crippen LogP contribution in [0, 0.1) is 0 Å². The van der Waals surface area contributed by atoms with E-state index in [9.17, 15) is 18.0 Å². The standard InChI is InChI=1S/C17H17F3N2O/c1-2-3-11-22(14-7-5-4-6-8-14)16(23)13-9-10-15(21-12-13)17(18,19)20/h4-10,12H,2-3,11H2,1H3. The number of anilines is 1. The zero-order valence-electron chi connectivity index (χ0n) is 12.7. The van der Waals surface area contributed by atoms with Crippen molar-refractivity contribution in [1.82, 2.24) is 4.98 Å². The van der Waals surface area contributed by atoms with Gasteiger partial charge in [0.05, 0.1) is 5.56 Å². The largest absolute Gasteiger partial charge is 0.433 e. The third-order valence-electron chi connectivity index (χ3n) is 3.35. The lowest BCUT2D eigenvalue weighted by atomic mass is 10.2. The van der Waals surface area contributed by atoms with Gasteiger partial charge in [-0.1, -0.05) is 31.5 Å². The molecule has 0 radical (unpaired) electrons. The molecule has 1 aromatic heterocycles. The third kappa shape index (κ3) is 4.31. The number of carbonyl (C=O) groups excluding carboxylic acids is 1. The summed E-state index contributed by atoms with van der Waals surface area (Å²) in [4.78, 5) is 17.5. The SMILES string of the molecule is CCCCN(C(=O)c1ccc(C(F)(F)F)nc1)c1ccccc1. The number of unbranched alkanes of at least 4 members (excludes halogenated alkanes) is 1. The lowest BCUT2D eigenvalue weighted by Crippen LogP contribution is -2.32. The number of hydrogen-bond acceptors (Lipinski definition) is 2. The fraction of sp³-hybridized carbons (Fsp3) is 0.294. The zero-order valence-corrected chi connectivity index (χ0v) is 12.7. The molecule has 6 heteroatoms. The van der Waals surface area contributed by atoms with Crippen LogP contribution >= 0.6 is 0 Å². The van der Waals surface area contributed by atoms with E-state index in [1.165, 1.54) is 6.07 Å². The lowest BCUT2D eigenvalue weighted by molar-refractivity contribution is -0.141. The molecule has 0 aliphatic heterocycles. The van der Waals surface area contributed by atoms with Crippen molar-refractivity contribution in [2.45, 2.75) is 25.9 Å². The molecule has 0 bridgehead atoms. The van der Waals surface area contributed by atoms with Gasteiger partial charge in [-0.3, -0.25) is 9.78 Å². The van der Waals surface area contributed by atoms with Crippen LogP contribution in [0.5, 0.6) is 0 Å². The summed E-state index contributed by atoms with van der Waals surface area (Å²) in [6.45, 7) is 2.51. The van der Waals surface area contributed by atoms with Gasteiger partial charge in [0.25, 0.3) is 5.91 Å². The van der Waals surface area contributed by atoms with Gasteiger partial charge in [0.2, 0.25) is 0 Å². The highest BCUT2D eigenvalue weighted by Crippen LogP contribution is 2.27. The van der Waals surface area contributed by atoms with Crippen LogP contribution in [0.25, 0.3) is 0 Å². The summed E-state index contributed by atoms with van der Waals surface area (Å²) in [6, 6.07) is 11.1. The maximum Gasteiger partial charge on any atom is 0.433 e. The average molecular weight is 322 g/mol. The molecule has 0 aliphatic carbocycles. The Hall–Kier alpha value is -2.37. The molecule has 3 nitrogen and oxygen atoms in total. The van der Waals surface area contributed by atoms with Gasteiger partial charge in [-0.2, -0.15) is 13.2 Å². The Labute approximate surface area is 132 Å². The molecule has 2 aromatic rings. The second-order valence-corrected chi connectivity index (χ2v) is 5.08. The maximum atomic E-state index is 12.6. The monoisotopic (exact) mass is 322 g/mol. The van der Waals surface area contributed by atoms with Crippen molar-refractivity contribution < 1.29 is 18.0 Å². The number of benzene rings is 1. The first kappa shape index (κ1) is 17.0. The van der Waals surface area contributed by atoms with E-state index < -0.39 is 11.9 Å². The summed E-state index contributed by atoms with van der Waals surface area (Å²) in [6.07, 6.45) is -1.83. The van der Waals surface area contributed by atoms with Gasteiger partial charge in [0.1, 0.15) is 5.69 Å². The molecule has 1 aromatic carbocycles. The number of rotatable bonds is 5. The fourth-order valence-electron chi connectivity index (χ4n) is 2.12. The minimum atomic E-state index is -4.51. The Bertz CT molecular complexity index is 639. The molecule has 23 heavy (non-hydrogen) atoms. The van der Waals surface area contributed by atoms with E-state index in [1.54, 1.807) is 17.0 Å². The number of para-hydroxylation sites is 1. The van der Waals surface area contributed by atoms with Crippen LogP contribution in [0.2, 0.25) is 0 Å². The summed E-state index contributed by atoms with van der Waals surface area (Å²) >= 11 is 0. The first-order valence-corrected chi connectivity index (χ1v) is 7.33. The Morgan fingerprint density at radius 3 is 2.35 bits per heavy atom. The van der Waals surface area contributed by atoms with Crippen LogP contribution in [0.15, 0.2) is 48.7 Å². The highest BCUT2D eigenvalue weighted by Gasteiger charge is 2.32. The summed E-state index contributed by atoms with van der Waals surface area (Å²) in [5.41, 5.74) is -0.155. The fourth-order valence-corrected chi connectivity index (χ4v) is 2.12. The number of carbonyl (C=O) groups is 1. The molecule has 1 amide bonds. The summed E-state index contributed by atoms with van der Waals surface area (Å²) in [5, 5.41) is 0. The summed E-state index contributed by atoms with van der Waals surface area (Å²) in [7, 11) is 0. The third-order valence-corrected chi connectivity index (χ3v) is 3.35. The van der Waals surface area contributed by atoms with Crippen LogP contribution < -0.4 is 4.90 Å². The van der Waals surface area contributed by atoms with Crippen molar-refractivity contribution in [2.24, 2.45) is 0 Å². The highest BCUT2D eigenvalue weighted by atomic mass is 19.4. The van der Waals surface area contributed by atoms with Gasteiger partial charge in [-0.25, -0.2) is 0 Å². The number of aromatic nitrogens is 1. The Morgan fingerprint density at radius 1 is 1.13 bits per heavy atom. The van der Waals surface area contributed by atoms with Gasteiger partial charge >= 0.3 is 6.18 Å². The average Bonchev–Trinajstić information content (AvgIpc) is 2.55. The van der Waals surface area contributed by atoms with Crippen LogP contribution in [-0.4, -0.2) is 17.4 Å². The van der Waals surface area contributed by atoms with Gasteiger partial charge < -0.3 is 4.90 Å². The molecule has 0 atom stereocenters. The van der Waals surface area contributed by atoms with E-state index in [2.05, 4.69) is 4.98 Å². The number of pyridine rings is 1. The molecule has 1 heterocycles. The van der Waals surface area contributed by atoms with Crippen LogP contribution in [0.4, 0.5) is 18.9 Å². The first-order valence-electron chi connectivity index (χ1n) is 7.33. The van der Waals surface area contributed by atoms with E-state index in [0.717, 1.165) is 25.1 Å². The molecule has 0 saturated carbocycles. The van der Waals surface area contributed by atoms with E-state index in [4.69, 9.17) is 0 Å². The molecule has 0 saturated heterocycles. The zero-order chi connectivity index (χ0) is 16.9. The lowest BCUT2D eigenvalue weighted by Gasteiger charge is -2.22. The molecular weight excluding hydrogens is 305 g/mol. The number of hydrogen-bond donors (Lipinski definition) is 0. The van der Waals surface area contributed by atoms with E-state index >= 15 is 0 Å². The highest BCUT2D eigenvalue weighted by molar-refractivity contribution is 6.05. The summed E-state index contributed by atoms with van der Waals surface area (Å²) < 4.78 is 37.7. The van der Waals surface area contributed by atoms with Gasteiger partial charge in [0.15, 0.2) is 0 Å². The number of alkyl halides is 3. The topological polar surface area (TPSA) is 33.2 Å². The van der Waals surface area contributed by atoms with Crippen LogP contribution in [0.3, 0.4) is 0 Å². The van der Waals surface area contributed by atoms with E-state index in [-0.39, 0.29) is 11.5 Å². The molecule has 0 aliphatic rings. The van der Waals surface area contributed by atoms with Gasteiger partial charge in [-0.05, 0) is 30.7 Å². The van der Waals surface area contributed by atoms with Crippen molar-refractivity contribution in [3.05, 3.63) is 59.9 Å². The van der Waals surface area contributed by atoms with Crippen molar-refractivity contribution in [3.63, 3.8) is 0 Å². The molecule has 0 fully saturated rings.